The number of sulfonamides is 1. The highest BCUT2D eigenvalue weighted by Gasteiger charge is 2.33. The lowest BCUT2D eigenvalue weighted by atomic mass is 9.95. The molecule has 0 aromatic heterocycles. The van der Waals surface area contributed by atoms with Crippen molar-refractivity contribution in [1.29, 1.82) is 0 Å². The van der Waals surface area contributed by atoms with Gasteiger partial charge in [0, 0.05) is 18.7 Å². The molecular formula is C27H35F2N3O4S. The van der Waals surface area contributed by atoms with Crippen LogP contribution in [0.15, 0.2) is 42.5 Å². The molecule has 0 heterocycles. The van der Waals surface area contributed by atoms with E-state index in [4.69, 9.17) is 0 Å². The topological polar surface area (TPSA) is 86.8 Å². The van der Waals surface area contributed by atoms with Crippen molar-refractivity contribution >= 4 is 27.5 Å². The van der Waals surface area contributed by atoms with Gasteiger partial charge in [0.1, 0.15) is 12.6 Å². The van der Waals surface area contributed by atoms with E-state index in [0.29, 0.717) is 6.42 Å². The van der Waals surface area contributed by atoms with Crippen molar-refractivity contribution < 1.29 is 26.8 Å². The SMILES string of the molecule is CCC(C(=O)NC1CCCCC1)N(Cc1ccc(C)cc1)C(=O)CN(c1ccc(F)c(F)c1)S(C)(=O)=O. The van der Waals surface area contributed by atoms with Gasteiger partial charge in [0.2, 0.25) is 21.8 Å². The van der Waals surface area contributed by atoms with Gasteiger partial charge >= 0.3 is 0 Å². The summed E-state index contributed by atoms with van der Waals surface area (Å²) in [6.45, 7) is 3.16. The minimum Gasteiger partial charge on any atom is -0.352 e. The minimum atomic E-state index is -4.03. The van der Waals surface area contributed by atoms with Gasteiger partial charge in [-0.2, -0.15) is 0 Å². The summed E-state index contributed by atoms with van der Waals surface area (Å²) in [4.78, 5) is 28.4. The fraction of sp³-hybridized carbons (Fsp3) is 0.481. The van der Waals surface area contributed by atoms with Gasteiger partial charge in [-0.25, -0.2) is 17.2 Å². The van der Waals surface area contributed by atoms with Crippen LogP contribution in [0.4, 0.5) is 14.5 Å². The Labute approximate surface area is 217 Å². The monoisotopic (exact) mass is 535 g/mol. The molecule has 0 radical (unpaired) electrons. The summed E-state index contributed by atoms with van der Waals surface area (Å²) in [5.74, 6) is -3.27. The van der Waals surface area contributed by atoms with Crippen LogP contribution in [-0.4, -0.2) is 50.0 Å². The second-order valence-electron chi connectivity index (χ2n) is 9.64. The number of anilines is 1. The van der Waals surface area contributed by atoms with Crippen molar-refractivity contribution in [3.8, 4) is 0 Å². The number of nitrogens with one attached hydrogen (secondary N) is 1. The molecule has 0 saturated heterocycles. The molecule has 202 valence electrons. The van der Waals surface area contributed by atoms with Crippen LogP contribution in [-0.2, 0) is 26.2 Å². The largest absolute Gasteiger partial charge is 0.352 e. The number of rotatable bonds is 10. The van der Waals surface area contributed by atoms with Crippen molar-refractivity contribution in [2.24, 2.45) is 0 Å². The summed E-state index contributed by atoms with van der Waals surface area (Å²) in [7, 11) is -4.03. The highest BCUT2D eigenvalue weighted by molar-refractivity contribution is 7.92. The van der Waals surface area contributed by atoms with Crippen molar-refractivity contribution in [2.75, 3.05) is 17.1 Å². The molecule has 1 aliphatic carbocycles. The van der Waals surface area contributed by atoms with Crippen molar-refractivity contribution in [3.63, 3.8) is 0 Å². The van der Waals surface area contributed by atoms with Gasteiger partial charge in [0.25, 0.3) is 0 Å². The maximum Gasteiger partial charge on any atom is 0.244 e. The number of carbonyl (C=O) groups is 2. The molecule has 0 aliphatic heterocycles. The Morgan fingerprint density at radius 1 is 1.03 bits per heavy atom. The van der Waals surface area contributed by atoms with Crippen LogP contribution in [0.2, 0.25) is 0 Å². The Hall–Kier alpha value is -3.01. The number of carbonyl (C=O) groups excluding carboxylic acids is 2. The van der Waals surface area contributed by atoms with Crippen molar-refractivity contribution in [2.45, 2.75) is 71.0 Å². The van der Waals surface area contributed by atoms with Gasteiger partial charge in [0.05, 0.1) is 11.9 Å². The quantitative estimate of drug-likeness (QED) is 0.492. The first kappa shape index (κ1) is 28.6. The second kappa shape index (κ2) is 12.5. The van der Waals surface area contributed by atoms with E-state index in [1.165, 1.54) is 4.90 Å². The molecule has 0 bridgehead atoms. The molecule has 2 aromatic rings. The lowest BCUT2D eigenvalue weighted by Gasteiger charge is -2.34. The molecule has 1 N–H and O–H groups in total. The summed E-state index contributed by atoms with van der Waals surface area (Å²) in [6, 6.07) is 9.35. The van der Waals surface area contributed by atoms with E-state index >= 15 is 0 Å². The molecule has 2 aromatic carbocycles. The highest BCUT2D eigenvalue weighted by Crippen LogP contribution is 2.23. The van der Waals surface area contributed by atoms with Gasteiger partial charge in [-0.05, 0) is 43.9 Å². The standard InChI is InChI=1S/C27H35F2N3O4S/c1-4-25(27(34)30-21-8-6-5-7-9-21)31(17-20-12-10-19(2)11-13-20)26(33)18-32(37(3,35)36)22-14-15-23(28)24(29)16-22/h10-16,21,25H,4-9,17-18H2,1-3H3,(H,30,34). The number of hydrogen-bond acceptors (Lipinski definition) is 4. The van der Waals surface area contributed by atoms with Crippen LogP contribution in [0.3, 0.4) is 0 Å². The molecule has 1 saturated carbocycles. The van der Waals surface area contributed by atoms with E-state index < -0.39 is 40.2 Å². The minimum absolute atomic E-state index is 0.0429. The molecule has 10 heteroatoms. The van der Waals surface area contributed by atoms with Gasteiger partial charge in [-0.1, -0.05) is 56.0 Å². The maximum absolute atomic E-state index is 13.9. The summed E-state index contributed by atoms with van der Waals surface area (Å²) >= 11 is 0. The predicted molar refractivity (Wildman–Crippen MR) is 139 cm³/mol. The third-order valence-electron chi connectivity index (χ3n) is 6.68. The lowest BCUT2D eigenvalue weighted by molar-refractivity contribution is -0.140. The Balaban J connectivity index is 1.92. The maximum atomic E-state index is 13.9. The summed E-state index contributed by atoms with van der Waals surface area (Å²) in [5.41, 5.74) is 1.64. The Morgan fingerprint density at radius 2 is 1.68 bits per heavy atom. The molecule has 37 heavy (non-hydrogen) atoms. The van der Waals surface area contributed by atoms with E-state index in [0.717, 1.165) is 72.0 Å². The molecule has 2 amide bonds. The average molecular weight is 536 g/mol. The number of halogens is 2. The zero-order valence-electron chi connectivity index (χ0n) is 21.5. The first-order chi connectivity index (χ1) is 17.5. The third kappa shape index (κ3) is 7.74. The summed E-state index contributed by atoms with van der Waals surface area (Å²) in [6.07, 6.45) is 6.17. The van der Waals surface area contributed by atoms with E-state index in [9.17, 15) is 26.8 Å². The third-order valence-corrected chi connectivity index (χ3v) is 7.82. The molecule has 1 unspecified atom stereocenters. The molecule has 0 spiro atoms. The van der Waals surface area contributed by atoms with E-state index in [1.807, 2.05) is 31.2 Å². The van der Waals surface area contributed by atoms with Gasteiger partial charge < -0.3 is 10.2 Å². The first-order valence-corrected chi connectivity index (χ1v) is 14.4. The predicted octanol–water partition coefficient (Wildman–Crippen LogP) is 4.30. The van der Waals surface area contributed by atoms with Gasteiger partial charge in [-0.15, -0.1) is 0 Å². The lowest BCUT2D eigenvalue weighted by Crippen LogP contribution is -2.53. The molecule has 1 aliphatic rings. The van der Waals surface area contributed by atoms with Crippen LogP contribution in [0, 0.1) is 18.6 Å². The fourth-order valence-electron chi connectivity index (χ4n) is 4.61. The zero-order valence-corrected chi connectivity index (χ0v) is 22.4. The zero-order chi connectivity index (χ0) is 27.2. The molecule has 7 nitrogen and oxygen atoms in total. The number of amides is 2. The molecule has 3 rings (SSSR count). The molecule has 1 atom stereocenters. The average Bonchev–Trinajstić information content (AvgIpc) is 2.85. The van der Waals surface area contributed by atoms with Crippen LogP contribution < -0.4 is 9.62 Å². The number of aryl methyl sites for hydroxylation is 1. The van der Waals surface area contributed by atoms with Crippen LogP contribution >= 0.6 is 0 Å². The van der Waals surface area contributed by atoms with E-state index in [2.05, 4.69) is 5.32 Å². The number of nitrogens with zero attached hydrogens (tertiary/aromatic N) is 2. The molecule has 1 fully saturated rings. The van der Waals surface area contributed by atoms with E-state index in [1.54, 1.807) is 6.92 Å². The van der Waals surface area contributed by atoms with Crippen LogP contribution in [0.25, 0.3) is 0 Å². The Bertz CT molecular complexity index is 1200. The van der Waals surface area contributed by atoms with Crippen molar-refractivity contribution in [3.05, 3.63) is 65.2 Å². The first-order valence-electron chi connectivity index (χ1n) is 12.6. The van der Waals surface area contributed by atoms with Crippen LogP contribution in [0.1, 0.15) is 56.6 Å². The highest BCUT2D eigenvalue weighted by atomic mass is 32.2. The summed E-state index contributed by atoms with van der Waals surface area (Å²) in [5, 5.41) is 3.07. The smallest absolute Gasteiger partial charge is 0.244 e. The molecular weight excluding hydrogens is 500 g/mol. The fourth-order valence-corrected chi connectivity index (χ4v) is 5.45. The number of benzene rings is 2. The second-order valence-corrected chi connectivity index (χ2v) is 11.5. The Morgan fingerprint density at radius 3 is 2.24 bits per heavy atom. The van der Waals surface area contributed by atoms with Crippen LogP contribution in [0.5, 0.6) is 0 Å². The normalized spacial score (nSPS) is 15.2. The summed E-state index contributed by atoms with van der Waals surface area (Å²) < 4.78 is 53.3. The number of hydrogen-bond donors (Lipinski definition) is 1. The van der Waals surface area contributed by atoms with E-state index in [-0.39, 0.29) is 24.2 Å². The van der Waals surface area contributed by atoms with Gasteiger partial charge in [0.15, 0.2) is 11.6 Å². The Kier molecular flexibility index (Phi) is 9.64. The van der Waals surface area contributed by atoms with Gasteiger partial charge in [-0.3, -0.25) is 13.9 Å². The van der Waals surface area contributed by atoms with Crippen molar-refractivity contribution in [1.82, 2.24) is 10.2 Å².